The standard InChI is InChI=1S/C18H18BrF2NO2/c1-11(13-3-4-15(20)16(21)9-13)22-10-12-7-14(19)18-17(8-12)23-5-2-6-24-18/h3-4,7-9,11,22H,2,5-6,10H2,1H3. The molecule has 2 aromatic rings. The highest BCUT2D eigenvalue weighted by molar-refractivity contribution is 9.10. The average molecular weight is 398 g/mol. The fourth-order valence-corrected chi connectivity index (χ4v) is 3.16. The molecule has 1 unspecified atom stereocenters. The second-order valence-electron chi connectivity index (χ2n) is 5.73. The first kappa shape index (κ1) is 17.2. The van der Waals surface area contributed by atoms with Crippen LogP contribution in [0.25, 0.3) is 0 Å². The zero-order valence-electron chi connectivity index (χ0n) is 13.2. The Morgan fingerprint density at radius 3 is 2.71 bits per heavy atom. The van der Waals surface area contributed by atoms with Crippen LogP contribution in [0.15, 0.2) is 34.8 Å². The van der Waals surface area contributed by atoms with E-state index in [0.717, 1.165) is 34.0 Å². The van der Waals surface area contributed by atoms with Crippen LogP contribution in [0.1, 0.15) is 30.5 Å². The summed E-state index contributed by atoms with van der Waals surface area (Å²) in [6, 6.07) is 7.74. The monoisotopic (exact) mass is 397 g/mol. The van der Waals surface area contributed by atoms with Crippen LogP contribution in [0.5, 0.6) is 11.5 Å². The molecule has 3 nitrogen and oxygen atoms in total. The number of hydrogen-bond acceptors (Lipinski definition) is 3. The minimum Gasteiger partial charge on any atom is -0.490 e. The Labute approximate surface area is 148 Å². The molecule has 24 heavy (non-hydrogen) atoms. The summed E-state index contributed by atoms with van der Waals surface area (Å²) in [4.78, 5) is 0. The molecule has 128 valence electrons. The Morgan fingerprint density at radius 2 is 1.92 bits per heavy atom. The molecule has 0 bridgehead atoms. The van der Waals surface area contributed by atoms with Crippen LogP contribution in [0.2, 0.25) is 0 Å². The van der Waals surface area contributed by atoms with E-state index in [9.17, 15) is 8.78 Å². The van der Waals surface area contributed by atoms with Crippen LogP contribution in [0, 0.1) is 11.6 Å². The molecule has 0 saturated carbocycles. The highest BCUT2D eigenvalue weighted by Gasteiger charge is 2.16. The third-order valence-corrected chi connectivity index (χ3v) is 4.51. The lowest BCUT2D eigenvalue weighted by molar-refractivity contribution is 0.296. The van der Waals surface area contributed by atoms with Crippen LogP contribution in [-0.4, -0.2) is 13.2 Å². The minimum atomic E-state index is -0.835. The van der Waals surface area contributed by atoms with Gasteiger partial charge in [0, 0.05) is 19.0 Å². The van der Waals surface area contributed by atoms with E-state index < -0.39 is 11.6 Å². The largest absolute Gasteiger partial charge is 0.490 e. The van der Waals surface area contributed by atoms with Gasteiger partial charge in [0.1, 0.15) is 0 Å². The van der Waals surface area contributed by atoms with Crippen molar-refractivity contribution in [3.05, 3.63) is 57.6 Å². The zero-order chi connectivity index (χ0) is 17.1. The van der Waals surface area contributed by atoms with Gasteiger partial charge >= 0.3 is 0 Å². The van der Waals surface area contributed by atoms with Gasteiger partial charge in [-0.25, -0.2) is 8.78 Å². The van der Waals surface area contributed by atoms with E-state index in [0.29, 0.717) is 25.3 Å². The van der Waals surface area contributed by atoms with Gasteiger partial charge in [0.25, 0.3) is 0 Å². The second-order valence-corrected chi connectivity index (χ2v) is 6.59. The van der Waals surface area contributed by atoms with Crippen molar-refractivity contribution >= 4 is 15.9 Å². The quantitative estimate of drug-likeness (QED) is 0.807. The first-order valence-corrected chi connectivity index (χ1v) is 8.60. The van der Waals surface area contributed by atoms with Gasteiger partial charge in [0.2, 0.25) is 0 Å². The Morgan fingerprint density at radius 1 is 1.12 bits per heavy atom. The van der Waals surface area contributed by atoms with E-state index in [2.05, 4.69) is 21.2 Å². The van der Waals surface area contributed by atoms with Gasteiger partial charge in [-0.05, 0) is 58.2 Å². The molecular formula is C18H18BrF2NO2. The van der Waals surface area contributed by atoms with Crippen molar-refractivity contribution in [2.75, 3.05) is 13.2 Å². The van der Waals surface area contributed by atoms with Crippen molar-refractivity contribution in [3.8, 4) is 11.5 Å². The number of hydrogen-bond donors (Lipinski definition) is 1. The average Bonchev–Trinajstić information content (AvgIpc) is 2.81. The van der Waals surface area contributed by atoms with E-state index in [1.54, 1.807) is 6.07 Å². The molecule has 1 aliphatic heterocycles. The van der Waals surface area contributed by atoms with E-state index >= 15 is 0 Å². The summed E-state index contributed by atoms with van der Waals surface area (Å²) in [7, 11) is 0. The van der Waals surface area contributed by atoms with Gasteiger partial charge in [-0.15, -0.1) is 0 Å². The summed E-state index contributed by atoms with van der Waals surface area (Å²) in [6.45, 7) is 3.73. The Bertz CT molecular complexity index is 739. The van der Waals surface area contributed by atoms with E-state index in [-0.39, 0.29) is 6.04 Å². The molecule has 0 fully saturated rings. The van der Waals surface area contributed by atoms with Crippen molar-refractivity contribution in [2.45, 2.75) is 25.9 Å². The SMILES string of the molecule is CC(NCc1cc(Br)c2c(c1)OCCCO2)c1ccc(F)c(F)c1. The fourth-order valence-electron chi connectivity index (χ4n) is 2.56. The van der Waals surface area contributed by atoms with Crippen LogP contribution in [0.3, 0.4) is 0 Å². The Hall–Kier alpha value is -1.66. The summed E-state index contributed by atoms with van der Waals surface area (Å²) in [6.07, 6.45) is 0.849. The smallest absolute Gasteiger partial charge is 0.175 e. The molecule has 0 spiro atoms. The number of rotatable bonds is 4. The molecule has 1 N–H and O–H groups in total. The molecule has 1 heterocycles. The van der Waals surface area contributed by atoms with Crippen molar-refractivity contribution in [2.24, 2.45) is 0 Å². The molecule has 0 amide bonds. The molecule has 0 saturated heterocycles. The lowest BCUT2D eigenvalue weighted by atomic mass is 10.1. The zero-order valence-corrected chi connectivity index (χ0v) is 14.8. The highest BCUT2D eigenvalue weighted by Crippen LogP contribution is 2.38. The van der Waals surface area contributed by atoms with Gasteiger partial charge in [-0.3, -0.25) is 0 Å². The molecule has 1 atom stereocenters. The van der Waals surface area contributed by atoms with Crippen molar-refractivity contribution in [1.82, 2.24) is 5.32 Å². The maximum atomic E-state index is 13.3. The molecule has 0 radical (unpaired) electrons. The predicted molar refractivity (Wildman–Crippen MR) is 91.4 cm³/mol. The van der Waals surface area contributed by atoms with Gasteiger partial charge in [-0.2, -0.15) is 0 Å². The molecule has 0 aliphatic carbocycles. The Kier molecular flexibility index (Phi) is 5.36. The number of benzene rings is 2. The van der Waals surface area contributed by atoms with Gasteiger partial charge < -0.3 is 14.8 Å². The number of nitrogens with one attached hydrogen (secondary N) is 1. The normalized spacial score (nSPS) is 15.0. The Balaban J connectivity index is 1.71. The molecule has 0 aromatic heterocycles. The lowest BCUT2D eigenvalue weighted by Crippen LogP contribution is -2.18. The highest BCUT2D eigenvalue weighted by atomic mass is 79.9. The van der Waals surface area contributed by atoms with Crippen LogP contribution in [-0.2, 0) is 6.54 Å². The van der Waals surface area contributed by atoms with Gasteiger partial charge in [0.05, 0.1) is 17.7 Å². The summed E-state index contributed by atoms with van der Waals surface area (Å²) in [5, 5.41) is 3.31. The van der Waals surface area contributed by atoms with Gasteiger partial charge in [-0.1, -0.05) is 6.07 Å². The first-order chi connectivity index (χ1) is 11.5. The fraction of sp³-hybridized carbons (Fsp3) is 0.333. The third-order valence-electron chi connectivity index (χ3n) is 3.92. The second kappa shape index (κ2) is 7.49. The van der Waals surface area contributed by atoms with Crippen molar-refractivity contribution in [1.29, 1.82) is 0 Å². The van der Waals surface area contributed by atoms with Gasteiger partial charge in [0.15, 0.2) is 23.1 Å². The van der Waals surface area contributed by atoms with Crippen LogP contribution < -0.4 is 14.8 Å². The maximum absolute atomic E-state index is 13.3. The van der Waals surface area contributed by atoms with E-state index in [1.807, 2.05) is 19.1 Å². The predicted octanol–water partition coefficient (Wildman–Crippen LogP) is 4.74. The molecular weight excluding hydrogens is 380 g/mol. The summed E-state index contributed by atoms with van der Waals surface area (Å²) in [5.74, 6) is -0.221. The molecule has 3 rings (SSSR count). The van der Waals surface area contributed by atoms with Crippen LogP contribution in [0.4, 0.5) is 8.78 Å². The molecule has 2 aromatic carbocycles. The van der Waals surface area contributed by atoms with E-state index in [4.69, 9.17) is 9.47 Å². The topological polar surface area (TPSA) is 30.5 Å². The third kappa shape index (κ3) is 3.87. The maximum Gasteiger partial charge on any atom is 0.175 e. The molecule has 1 aliphatic rings. The number of fused-ring (bicyclic) bond motifs is 1. The van der Waals surface area contributed by atoms with E-state index in [1.165, 1.54) is 6.07 Å². The first-order valence-electron chi connectivity index (χ1n) is 7.81. The summed E-state index contributed by atoms with van der Waals surface area (Å²) < 4.78 is 38.6. The number of halogens is 3. The summed E-state index contributed by atoms with van der Waals surface area (Å²) >= 11 is 3.51. The van der Waals surface area contributed by atoms with Crippen molar-refractivity contribution in [3.63, 3.8) is 0 Å². The number of ether oxygens (including phenoxy) is 2. The van der Waals surface area contributed by atoms with Crippen molar-refractivity contribution < 1.29 is 18.3 Å². The molecule has 6 heteroatoms. The van der Waals surface area contributed by atoms with Crippen LogP contribution >= 0.6 is 15.9 Å². The minimum absolute atomic E-state index is 0.116. The summed E-state index contributed by atoms with van der Waals surface area (Å²) in [5.41, 5.74) is 1.71. The lowest BCUT2D eigenvalue weighted by Gasteiger charge is -2.16.